The van der Waals surface area contributed by atoms with Gasteiger partial charge in [-0.2, -0.15) is 4.37 Å². The molecule has 7 nitrogen and oxygen atoms in total. The van der Waals surface area contributed by atoms with Crippen LogP contribution in [0.3, 0.4) is 0 Å². The van der Waals surface area contributed by atoms with Crippen LogP contribution in [0, 0.1) is 0 Å². The summed E-state index contributed by atoms with van der Waals surface area (Å²) < 4.78 is 10.4. The fourth-order valence-electron chi connectivity index (χ4n) is 3.53. The molecule has 0 radical (unpaired) electrons. The fraction of sp³-hybridized carbons (Fsp3) is 0.812. The molecule has 1 aliphatic carbocycles. The Morgan fingerprint density at radius 1 is 1.42 bits per heavy atom. The topological polar surface area (TPSA) is 78.8 Å². The van der Waals surface area contributed by atoms with Gasteiger partial charge in [-0.25, -0.2) is 4.98 Å². The van der Waals surface area contributed by atoms with E-state index in [9.17, 15) is 4.79 Å². The van der Waals surface area contributed by atoms with Crippen LogP contribution in [0.5, 0.6) is 0 Å². The Morgan fingerprint density at radius 2 is 2.21 bits per heavy atom. The van der Waals surface area contributed by atoms with E-state index in [1.54, 1.807) is 4.90 Å². The highest BCUT2D eigenvalue weighted by Crippen LogP contribution is 2.33. The highest BCUT2D eigenvalue weighted by atomic mass is 32.1. The van der Waals surface area contributed by atoms with Crippen molar-refractivity contribution in [1.29, 1.82) is 0 Å². The van der Waals surface area contributed by atoms with Gasteiger partial charge in [-0.3, -0.25) is 9.69 Å². The zero-order valence-corrected chi connectivity index (χ0v) is 15.0. The Kier molecular flexibility index (Phi) is 6.02. The van der Waals surface area contributed by atoms with Crippen molar-refractivity contribution in [3.05, 3.63) is 5.82 Å². The van der Waals surface area contributed by atoms with Crippen molar-refractivity contribution in [3.63, 3.8) is 0 Å². The van der Waals surface area contributed by atoms with Gasteiger partial charge in [0.05, 0.1) is 19.3 Å². The summed E-state index contributed by atoms with van der Waals surface area (Å²) in [6.45, 7) is 2.84. The van der Waals surface area contributed by atoms with Crippen LogP contribution in [-0.2, 0) is 9.53 Å². The first-order chi connectivity index (χ1) is 11.6. The van der Waals surface area contributed by atoms with Crippen molar-refractivity contribution >= 4 is 22.6 Å². The van der Waals surface area contributed by atoms with Crippen molar-refractivity contribution in [3.8, 4) is 0 Å². The second kappa shape index (κ2) is 8.22. The van der Waals surface area contributed by atoms with Crippen molar-refractivity contribution in [1.82, 2.24) is 14.3 Å². The van der Waals surface area contributed by atoms with E-state index in [0.29, 0.717) is 19.1 Å². The first-order valence-corrected chi connectivity index (χ1v) is 9.49. The summed E-state index contributed by atoms with van der Waals surface area (Å²) in [4.78, 5) is 19.6. The maximum absolute atomic E-state index is 10.8. The standard InChI is InChI=1S/C16H26N4O3S/c1-19(11-14(21)22)9-13-10-20(7-8-23-13)16-17-15(18-24-16)12-5-3-2-4-6-12/h12-13H,2-11H2,1H3,(H,21,22). The molecular formula is C16H26N4O3S. The molecule has 1 unspecified atom stereocenters. The lowest BCUT2D eigenvalue weighted by molar-refractivity contribution is -0.138. The minimum Gasteiger partial charge on any atom is -0.480 e. The van der Waals surface area contributed by atoms with Crippen molar-refractivity contribution < 1.29 is 14.6 Å². The molecule has 1 atom stereocenters. The number of rotatable bonds is 6. The predicted octanol–water partition coefficient (Wildman–Crippen LogP) is 1.81. The zero-order valence-electron chi connectivity index (χ0n) is 14.2. The van der Waals surface area contributed by atoms with Gasteiger partial charge in [0.15, 0.2) is 0 Å². The molecule has 1 saturated carbocycles. The lowest BCUT2D eigenvalue weighted by atomic mass is 9.89. The van der Waals surface area contributed by atoms with Crippen LogP contribution in [0.2, 0.25) is 0 Å². The van der Waals surface area contributed by atoms with Crippen LogP contribution >= 0.6 is 11.5 Å². The van der Waals surface area contributed by atoms with E-state index < -0.39 is 5.97 Å². The normalized spacial score (nSPS) is 22.9. The number of carbonyl (C=O) groups is 1. The van der Waals surface area contributed by atoms with Crippen molar-refractivity contribution in [2.45, 2.75) is 44.1 Å². The minimum absolute atomic E-state index is 0.00475. The van der Waals surface area contributed by atoms with E-state index >= 15 is 0 Å². The molecule has 2 aliphatic rings. The van der Waals surface area contributed by atoms with E-state index in [2.05, 4.69) is 9.27 Å². The summed E-state index contributed by atoms with van der Waals surface area (Å²) in [5.74, 6) is 0.731. The van der Waals surface area contributed by atoms with Gasteiger partial charge in [-0.05, 0) is 19.9 Å². The third kappa shape index (κ3) is 4.64. The van der Waals surface area contributed by atoms with Crippen LogP contribution in [-0.4, -0.2) is 71.3 Å². The molecule has 2 heterocycles. The summed E-state index contributed by atoms with van der Waals surface area (Å²) in [7, 11) is 1.81. The Balaban J connectivity index is 1.56. The van der Waals surface area contributed by atoms with Gasteiger partial charge >= 0.3 is 5.97 Å². The van der Waals surface area contributed by atoms with Gasteiger partial charge in [0.25, 0.3) is 0 Å². The van der Waals surface area contributed by atoms with Crippen molar-refractivity contribution in [2.24, 2.45) is 0 Å². The largest absolute Gasteiger partial charge is 0.480 e. The summed E-state index contributed by atoms with van der Waals surface area (Å²) in [5.41, 5.74) is 0. The van der Waals surface area contributed by atoms with E-state index in [4.69, 9.17) is 14.8 Å². The van der Waals surface area contributed by atoms with Gasteiger partial charge in [-0.15, -0.1) is 0 Å². The maximum atomic E-state index is 10.8. The highest BCUT2D eigenvalue weighted by Gasteiger charge is 2.26. The third-order valence-corrected chi connectivity index (χ3v) is 5.52. The van der Waals surface area contributed by atoms with Crippen LogP contribution in [0.15, 0.2) is 0 Å². The molecule has 0 bridgehead atoms. The molecule has 8 heteroatoms. The predicted molar refractivity (Wildman–Crippen MR) is 92.8 cm³/mol. The van der Waals surface area contributed by atoms with Gasteiger partial charge in [0, 0.05) is 37.1 Å². The number of anilines is 1. The van der Waals surface area contributed by atoms with E-state index in [0.717, 1.165) is 24.0 Å². The average molecular weight is 354 g/mol. The summed E-state index contributed by atoms with van der Waals surface area (Å²) in [5, 5.41) is 9.84. The molecule has 24 heavy (non-hydrogen) atoms. The molecule has 1 aromatic rings. The SMILES string of the molecule is CN(CC(=O)O)CC1CN(c2nc(C3CCCCC3)ns2)CCO1. The van der Waals surface area contributed by atoms with E-state index in [1.165, 1.54) is 43.6 Å². The number of likely N-dealkylation sites (N-methyl/N-ethyl adjacent to an activating group) is 1. The van der Waals surface area contributed by atoms with Crippen LogP contribution < -0.4 is 4.90 Å². The molecule has 3 rings (SSSR count). The van der Waals surface area contributed by atoms with Gasteiger partial charge < -0.3 is 14.7 Å². The lowest BCUT2D eigenvalue weighted by Gasteiger charge is -2.34. The van der Waals surface area contributed by atoms with Crippen LogP contribution in [0.1, 0.15) is 43.8 Å². The number of carboxylic acids is 1. The quantitative estimate of drug-likeness (QED) is 0.834. The number of morpholine rings is 1. The smallest absolute Gasteiger partial charge is 0.317 e. The van der Waals surface area contributed by atoms with Gasteiger partial charge in [-0.1, -0.05) is 19.3 Å². The molecule has 0 amide bonds. The summed E-state index contributed by atoms with van der Waals surface area (Å²) >= 11 is 1.48. The molecule has 0 spiro atoms. The second-order valence-electron chi connectivity index (χ2n) is 6.80. The Hall–Kier alpha value is -1.25. The minimum atomic E-state index is -0.814. The Labute approximate surface area is 146 Å². The number of carboxylic acid groups (broad SMARTS) is 1. The number of aromatic nitrogens is 2. The zero-order chi connectivity index (χ0) is 16.9. The summed E-state index contributed by atoms with van der Waals surface area (Å²) in [6, 6.07) is 0. The van der Waals surface area contributed by atoms with Gasteiger partial charge in [0.1, 0.15) is 5.82 Å². The number of hydrogen-bond acceptors (Lipinski definition) is 7. The number of hydrogen-bond donors (Lipinski definition) is 1. The molecule has 134 valence electrons. The Bertz CT molecular complexity index is 547. The van der Waals surface area contributed by atoms with Crippen LogP contribution in [0.25, 0.3) is 0 Å². The average Bonchev–Trinajstić information content (AvgIpc) is 3.05. The molecule has 1 N–H and O–H groups in total. The van der Waals surface area contributed by atoms with E-state index in [-0.39, 0.29) is 12.6 Å². The monoisotopic (exact) mass is 354 g/mol. The third-order valence-electron chi connectivity index (χ3n) is 4.73. The molecular weight excluding hydrogens is 328 g/mol. The lowest BCUT2D eigenvalue weighted by Crippen LogP contribution is -2.47. The first kappa shape index (κ1) is 17.6. The summed E-state index contributed by atoms with van der Waals surface area (Å²) in [6.07, 6.45) is 6.33. The van der Waals surface area contributed by atoms with Crippen LogP contribution in [0.4, 0.5) is 5.13 Å². The molecule has 1 aromatic heterocycles. The maximum Gasteiger partial charge on any atom is 0.317 e. The van der Waals surface area contributed by atoms with E-state index in [1.807, 2.05) is 7.05 Å². The molecule has 1 saturated heterocycles. The van der Waals surface area contributed by atoms with Crippen molar-refractivity contribution in [2.75, 3.05) is 44.7 Å². The van der Waals surface area contributed by atoms with Gasteiger partial charge in [0.2, 0.25) is 5.13 Å². The number of nitrogens with zero attached hydrogens (tertiary/aromatic N) is 4. The second-order valence-corrected chi connectivity index (χ2v) is 7.53. The number of aliphatic carboxylic acids is 1. The molecule has 2 fully saturated rings. The highest BCUT2D eigenvalue weighted by molar-refractivity contribution is 7.09. The Morgan fingerprint density at radius 3 is 2.96 bits per heavy atom. The molecule has 1 aliphatic heterocycles. The number of ether oxygens (including phenoxy) is 1. The molecule has 0 aromatic carbocycles. The first-order valence-electron chi connectivity index (χ1n) is 8.72. The fourth-order valence-corrected chi connectivity index (χ4v) is 4.31.